The summed E-state index contributed by atoms with van der Waals surface area (Å²) in [5, 5.41) is 2.78. The number of benzene rings is 2. The number of hydrogen-bond acceptors (Lipinski definition) is 6. The number of carbonyl (C=O) groups excluding carboxylic acids is 2. The Morgan fingerprint density at radius 1 is 1.18 bits per heavy atom. The lowest BCUT2D eigenvalue weighted by Crippen LogP contribution is -2.35. The van der Waals surface area contributed by atoms with Gasteiger partial charge in [0.2, 0.25) is 0 Å². The first-order chi connectivity index (χ1) is 13.6. The minimum atomic E-state index is -0.486. The zero-order chi connectivity index (χ0) is 19.9. The SMILES string of the molecule is CC[C@@H](C)NC(=O)COC(=O)c1ccccc1CSc1nc2ccccc2s1. The summed E-state index contributed by atoms with van der Waals surface area (Å²) in [6.45, 7) is 3.62. The lowest BCUT2D eigenvalue weighted by Gasteiger charge is -2.12. The van der Waals surface area contributed by atoms with Crippen LogP contribution in [0.3, 0.4) is 0 Å². The lowest BCUT2D eigenvalue weighted by molar-refractivity contribution is -0.124. The molecule has 0 saturated carbocycles. The van der Waals surface area contributed by atoms with Crippen molar-refractivity contribution in [1.29, 1.82) is 0 Å². The number of aromatic nitrogens is 1. The minimum Gasteiger partial charge on any atom is -0.452 e. The standard InChI is InChI=1S/C21H22N2O3S2/c1-3-14(2)22-19(24)12-26-20(25)16-9-5-4-8-15(16)13-27-21-23-17-10-6-7-11-18(17)28-21/h4-11,14H,3,12-13H2,1-2H3,(H,22,24)/t14-/m1/s1. The highest BCUT2D eigenvalue weighted by Crippen LogP contribution is 2.32. The van der Waals surface area contributed by atoms with Crippen molar-refractivity contribution >= 4 is 45.2 Å². The maximum absolute atomic E-state index is 12.5. The summed E-state index contributed by atoms with van der Waals surface area (Å²) >= 11 is 3.22. The number of para-hydroxylation sites is 1. The van der Waals surface area contributed by atoms with E-state index in [2.05, 4.69) is 10.3 Å². The van der Waals surface area contributed by atoms with Crippen LogP contribution in [0.4, 0.5) is 0 Å². The Morgan fingerprint density at radius 2 is 1.93 bits per heavy atom. The number of nitrogens with one attached hydrogen (secondary N) is 1. The molecule has 0 fully saturated rings. The van der Waals surface area contributed by atoms with Gasteiger partial charge in [0.1, 0.15) is 0 Å². The molecule has 1 heterocycles. The van der Waals surface area contributed by atoms with Crippen LogP contribution < -0.4 is 5.32 Å². The summed E-state index contributed by atoms with van der Waals surface area (Å²) in [5.41, 5.74) is 2.32. The molecule has 28 heavy (non-hydrogen) atoms. The monoisotopic (exact) mass is 414 g/mol. The predicted molar refractivity (Wildman–Crippen MR) is 114 cm³/mol. The van der Waals surface area contributed by atoms with E-state index in [1.165, 1.54) is 0 Å². The van der Waals surface area contributed by atoms with Crippen LogP contribution in [0.1, 0.15) is 36.2 Å². The molecule has 2 aromatic carbocycles. The van der Waals surface area contributed by atoms with Gasteiger partial charge < -0.3 is 10.1 Å². The second-order valence-electron chi connectivity index (χ2n) is 6.35. The third-order valence-corrected chi connectivity index (χ3v) is 6.44. The summed E-state index contributed by atoms with van der Waals surface area (Å²) in [4.78, 5) is 28.9. The molecule has 3 rings (SSSR count). The molecule has 3 aromatic rings. The fourth-order valence-electron chi connectivity index (χ4n) is 2.53. The van der Waals surface area contributed by atoms with E-state index < -0.39 is 5.97 Å². The van der Waals surface area contributed by atoms with E-state index in [1.54, 1.807) is 35.2 Å². The third-order valence-electron chi connectivity index (χ3n) is 4.22. The average molecular weight is 415 g/mol. The Kier molecular flexibility index (Phi) is 7.06. The second-order valence-corrected chi connectivity index (χ2v) is 8.60. The molecule has 1 aromatic heterocycles. The van der Waals surface area contributed by atoms with Crippen molar-refractivity contribution in [3.8, 4) is 0 Å². The van der Waals surface area contributed by atoms with Crippen molar-refractivity contribution in [2.45, 2.75) is 36.4 Å². The Hall–Kier alpha value is -2.38. The number of ether oxygens (including phenoxy) is 1. The van der Waals surface area contributed by atoms with Crippen molar-refractivity contribution in [3.05, 3.63) is 59.7 Å². The van der Waals surface area contributed by atoms with Gasteiger partial charge in [-0.05, 0) is 37.1 Å². The van der Waals surface area contributed by atoms with Crippen LogP contribution in [0.5, 0.6) is 0 Å². The molecule has 146 valence electrons. The maximum atomic E-state index is 12.5. The highest BCUT2D eigenvalue weighted by atomic mass is 32.2. The Morgan fingerprint density at radius 3 is 2.71 bits per heavy atom. The molecule has 0 aliphatic heterocycles. The summed E-state index contributed by atoms with van der Waals surface area (Å²) in [6.07, 6.45) is 0.825. The zero-order valence-corrected chi connectivity index (χ0v) is 17.4. The van der Waals surface area contributed by atoms with Gasteiger partial charge in [-0.2, -0.15) is 0 Å². The van der Waals surface area contributed by atoms with E-state index in [-0.39, 0.29) is 18.6 Å². The topological polar surface area (TPSA) is 68.3 Å². The van der Waals surface area contributed by atoms with Crippen LogP contribution in [-0.2, 0) is 15.3 Å². The molecule has 0 aliphatic rings. The summed E-state index contributed by atoms with van der Waals surface area (Å²) in [5.74, 6) is -0.173. The van der Waals surface area contributed by atoms with Gasteiger partial charge in [0.25, 0.3) is 5.91 Å². The molecule has 5 nitrogen and oxygen atoms in total. The molecule has 0 spiro atoms. The lowest BCUT2D eigenvalue weighted by atomic mass is 10.1. The Bertz CT molecular complexity index is 938. The fraction of sp³-hybridized carbons (Fsp3) is 0.286. The van der Waals surface area contributed by atoms with Crippen molar-refractivity contribution in [3.63, 3.8) is 0 Å². The molecule has 0 radical (unpaired) electrons. The number of hydrogen-bond donors (Lipinski definition) is 1. The maximum Gasteiger partial charge on any atom is 0.338 e. The summed E-state index contributed by atoms with van der Waals surface area (Å²) < 4.78 is 7.30. The minimum absolute atomic E-state index is 0.0590. The van der Waals surface area contributed by atoms with Gasteiger partial charge in [-0.25, -0.2) is 9.78 Å². The van der Waals surface area contributed by atoms with E-state index in [4.69, 9.17) is 4.74 Å². The molecule has 1 amide bonds. The van der Waals surface area contributed by atoms with Crippen LogP contribution in [0.2, 0.25) is 0 Å². The number of thioether (sulfide) groups is 1. The first-order valence-electron chi connectivity index (χ1n) is 9.09. The molecule has 0 saturated heterocycles. The number of nitrogens with zero attached hydrogens (tertiary/aromatic N) is 1. The molecular weight excluding hydrogens is 392 g/mol. The molecule has 7 heteroatoms. The van der Waals surface area contributed by atoms with Gasteiger partial charge in [0, 0.05) is 11.8 Å². The number of rotatable bonds is 8. The molecular formula is C21H22N2O3S2. The van der Waals surface area contributed by atoms with Crippen LogP contribution >= 0.6 is 23.1 Å². The van der Waals surface area contributed by atoms with Gasteiger partial charge >= 0.3 is 5.97 Å². The van der Waals surface area contributed by atoms with E-state index in [9.17, 15) is 9.59 Å². The molecule has 1 N–H and O–H groups in total. The first kappa shape index (κ1) is 20.4. The quantitative estimate of drug-likeness (QED) is 0.429. The van der Waals surface area contributed by atoms with Crippen LogP contribution in [-0.4, -0.2) is 29.5 Å². The van der Waals surface area contributed by atoms with Crippen molar-refractivity contribution in [1.82, 2.24) is 10.3 Å². The van der Waals surface area contributed by atoms with Crippen molar-refractivity contribution in [2.24, 2.45) is 0 Å². The Balaban J connectivity index is 1.62. The number of carbonyl (C=O) groups is 2. The first-order valence-corrected chi connectivity index (χ1v) is 10.9. The largest absolute Gasteiger partial charge is 0.452 e. The normalized spacial score (nSPS) is 11.9. The number of esters is 1. The number of thiazole rings is 1. The van der Waals surface area contributed by atoms with E-state index in [0.29, 0.717) is 11.3 Å². The third kappa shape index (κ3) is 5.33. The second kappa shape index (κ2) is 9.71. The van der Waals surface area contributed by atoms with Crippen LogP contribution in [0, 0.1) is 0 Å². The molecule has 0 bridgehead atoms. The van der Waals surface area contributed by atoms with Gasteiger partial charge in [0.15, 0.2) is 10.9 Å². The molecule has 1 atom stereocenters. The number of amides is 1. The average Bonchev–Trinajstić information content (AvgIpc) is 3.13. The van der Waals surface area contributed by atoms with Gasteiger partial charge in [0.05, 0.1) is 15.8 Å². The predicted octanol–water partition coefficient (Wildman–Crippen LogP) is 4.66. The number of fused-ring (bicyclic) bond motifs is 1. The van der Waals surface area contributed by atoms with Gasteiger partial charge in [-0.15, -0.1) is 11.3 Å². The smallest absolute Gasteiger partial charge is 0.338 e. The van der Waals surface area contributed by atoms with E-state index in [1.807, 2.05) is 50.2 Å². The van der Waals surface area contributed by atoms with E-state index >= 15 is 0 Å². The van der Waals surface area contributed by atoms with E-state index in [0.717, 1.165) is 26.5 Å². The molecule has 0 unspecified atom stereocenters. The van der Waals surface area contributed by atoms with Gasteiger partial charge in [-0.1, -0.05) is 49.0 Å². The summed E-state index contributed by atoms with van der Waals surface area (Å²) in [7, 11) is 0. The Labute approximate surface area is 172 Å². The zero-order valence-electron chi connectivity index (χ0n) is 15.8. The highest BCUT2D eigenvalue weighted by molar-refractivity contribution is 8.00. The van der Waals surface area contributed by atoms with Gasteiger partial charge in [-0.3, -0.25) is 4.79 Å². The van der Waals surface area contributed by atoms with Crippen LogP contribution in [0.25, 0.3) is 10.2 Å². The highest BCUT2D eigenvalue weighted by Gasteiger charge is 2.15. The summed E-state index contributed by atoms with van der Waals surface area (Å²) in [6, 6.07) is 15.4. The fourth-order valence-corrected chi connectivity index (χ4v) is 4.60. The molecule has 0 aliphatic carbocycles. The van der Waals surface area contributed by atoms with Crippen molar-refractivity contribution in [2.75, 3.05) is 6.61 Å². The van der Waals surface area contributed by atoms with Crippen LogP contribution in [0.15, 0.2) is 52.9 Å². The van der Waals surface area contributed by atoms with Crippen molar-refractivity contribution < 1.29 is 14.3 Å².